The summed E-state index contributed by atoms with van der Waals surface area (Å²) in [7, 11) is 0. The van der Waals surface area contributed by atoms with Crippen molar-refractivity contribution in [1.29, 1.82) is 0 Å². The SMILES string of the molecule is Cc1ccc(Nc2ncnc(Nc3ccc(C(=O)OCC(C)C)cc3)c2[N+](=O)[O-])cc1. The van der Waals surface area contributed by atoms with Crippen molar-refractivity contribution >= 4 is 34.7 Å². The van der Waals surface area contributed by atoms with E-state index in [0.29, 0.717) is 23.5 Å². The summed E-state index contributed by atoms with van der Waals surface area (Å²) in [4.78, 5) is 31.3. The highest BCUT2D eigenvalue weighted by molar-refractivity contribution is 5.90. The lowest BCUT2D eigenvalue weighted by atomic mass is 10.2. The number of aryl methyl sites for hydroxylation is 1. The first-order valence-electron chi connectivity index (χ1n) is 9.70. The molecule has 1 heterocycles. The minimum absolute atomic E-state index is 0.0322. The third-order valence-corrected chi connectivity index (χ3v) is 4.25. The molecule has 0 saturated carbocycles. The summed E-state index contributed by atoms with van der Waals surface area (Å²) in [5.41, 5.74) is 2.38. The van der Waals surface area contributed by atoms with Crippen LogP contribution in [0.25, 0.3) is 0 Å². The van der Waals surface area contributed by atoms with Crippen LogP contribution in [-0.2, 0) is 4.74 Å². The number of nitrogens with one attached hydrogen (secondary N) is 2. The minimum Gasteiger partial charge on any atom is -0.462 e. The van der Waals surface area contributed by atoms with Crippen LogP contribution in [0.5, 0.6) is 0 Å². The maximum atomic E-state index is 12.0. The van der Waals surface area contributed by atoms with E-state index >= 15 is 0 Å². The van der Waals surface area contributed by atoms with Gasteiger partial charge in [-0.1, -0.05) is 31.5 Å². The van der Waals surface area contributed by atoms with Crippen molar-refractivity contribution in [1.82, 2.24) is 9.97 Å². The normalized spacial score (nSPS) is 10.6. The van der Waals surface area contributed by atoms with Crippen molar-refractivity contribution in [2.75, 3.05) is 17.2 Å². The quantitative estimate of drug-likeness (QED) is 0.296. The number of hydrogen-bond acceptors (Lipinski definition) is 8. The minimum atomic E-state index is -0.545. The summed E-state index contributed by atoms with van der Waals surface area (Å²) in [6.45, 7) is 6.20. The zero-order valence-electron chi connectivity index (χ0n) is 17.5. The van der Waals surface area contributed by atoms with E-state index in [0.717, 1.165) is 5.56 Å². The van der Waals surface area contributed by atoms with Crippen LogP contribution in [0, 0.1) is 23.0 Å². The van der Waals surface area contributed by atoms with Gasteiger partial charge in [-0.2, -0.15) is 0 Å². The molecule has 3 rings (SSSR count). The lowest BCUT2D eigenvalue weighted by molar-refractivity contribution is -0.383. The number of carbonyl (C=O) groups excluding carboxylic acids is 1. The number of esters is 1. The second-order valence-corrected chi connectivity index (χ2v) is 7.36. The third kappa shape index (κ3) is 5.75. The summed E-state index contributed by atoms with van der Waals surface area (Å²) in [5.74, 6) is -0.0752. The van der Waals surface area contributed by atoms with E-state index in [-0.39, 0.29) is 23.2 Å². The van der Waals surface area contributed by atoms with E-state index in [1.54, 1.807) is 24.3 Å². The summed E-state index contributed by atoms with van der Waals surface area (Å²) in [6.07, 6.45) is 1.24. The number of nitrogens with zero attached hydrogens (tertiary/aromatic N) is 3. The molecule has 9 nitrogen and oxygen atoms in total. The molecule has 2 aromatic carbocycles. The molecule has 1 aromatic heterocycles. The average Bonchev–Trinajstić information content (AvgIpc) is 2.74. The van der Waals surface area contributed by atoms with E-state index < -0.39 is 10.9 Å². The van der Waals surface area contributed by atoms with Gasteiger partial charge < -0.3 is 15.4 Å². The molecule has 31 heavy (non-hydrogen) atoms. The van der Waals surface area contributed by atoms with Gasteiger partial charge in [0.05, 0.1) is 17.1 Å². The Bertz CT molecular complexity index is 1070. The molecule has 0 unspecified atom stereocenters. The highest BCUT2D eigenvalue weighted by atomic mass is 16.6. The Kier molecular flexibility index (Phi) is 6.76. The van der Waals surface area contributed by atoms with Gasteiger partial charge in [-0.25, -0.2) is 14.8 Å². The second kappa shape index (κ2) is 9.66. The molecule has 0 atom stereocenters. The van der Waals surface area contributed by atoms with Crippen molar-refractivity contribution < 1.29 is 14.5 Å². The van der Waals surface area contributed by atoms with Crippen molar-refractivity contribution in [3.05, 3.63) is 76.1 Å². The standard InChI is InChI=1S/C22H23N5O4/c1-14(2)12-31-22(28)16-6-10-18(11-7-16)26-21-19(27(29)30)20(23-13-24-21)25-17-8-4-15(3)5-9-17/h4-11,13-14H,12H2,1-3H3,(H2,23,24,25,26). The number of carbonyl (C=O) groups is 1. The van der Waals surface area contributed by atoms with Gasteiger partial charge in [0, 0.05) is 11.4 Å². The lowest BCUT2D eigenvalue weighted by Gasteiger charge is -2.11. The number of ether oxygens (including phenoxy) is 1. The molecular weight excluding hydrogens is 398 g/mol. The first kappa shape index (κ1) is 21.7. The Balaban J connectivity index is 1.80. The van der Waals surface area contributed by atoms with E-state index in [4.69, 9.17) is 4.74 Å². The van der Waals surface area contributed by atoms with E-state index in [1.165, 1.54) is 6.33 Å². The van der Waals surface area contributed by atoms with E-state index in [9.17, 15) is 14.9 Å². The van der Waals surface area contributed by atoms with Crippen LogP contribution in [0.4, 0.5) is 28.7 Å². The van der Waals surface area contributed by atoms with Gasteiger partial charge in [-0.15, -0.1) is 0 Å². The fraction of sp³-hybridized carbons (Fsp3) is 0.227. The van der Waals surface area contributed by atoms with Crippen molar-refractivity contribution in [2.24, 2.45) is 5.92 Å². The Morgan fingerprint density at radius 1 is 1.00 bits per heavy atom. The summed E-state index contributed by atoms with van der Waals surface area (Å²) in [5, 5.41) is 17.6. The monoisotopic (exact) mass is 421 g/mol. The molecule has 160 valence electrons. The van der Waals surface area contributed by atoms with Gasteiger partial charge in [0.15, 0.2) is 0 Å². The molecular formula is C22H23N5O4. The van der Waals surface area contributed by atoms with Gasteiger partial charge in [0.2, 0.25) is 11.6 Å². The smallest absolute Gasteiger partial charge is 0.353 e. The molecule has 0 saturated heterocycles. The third-order valence-electron chi connectivity index (χ3n) is 4.25. The fourth-order valence-corrected chi connectivity index (χ4v) is 2.66. The van der Waals surface area contributed by atoms with E-state index in [1.807, 2.05) is 45.0 Å². The summed E-state index contributed by atoms with van der Waals surface area (Å²) < 4.78 is 5.20. The van der Waals surface area contributed by atoms with Crippen LogP contribution in [0.15, 0.2) is 54.9 Å². The largest absolute Gasteiger partial charge is 0.462 e. The predicted octanol–water partition coefficient (Wildman–Crippen LogP) is 4.99. The highest BCUT2D eigenvalue weighted by Crippen LogP contribution is 2.33. The van der Waals surface area contributed by atoms with Crippen LogP contribution in [0.1, 0.15) is 29.8 Å². The maximum Gasteiger partial charge on any atom is 0.353 e. The Hall–Kier alpha value is -4.01. The molecule has 3 aromatic rings. The molecule has 0 spiro atoms. The number of aromatic nitrogens is 2. The first-order chi connectivity index (χ1) is 14.8. The van der Waals surface area contributed by atoms with Crippen LogP contribution in [0.3, 0.4) is 0 Å². The number of benzene rings is 2. The fourth-order valence-electron chi connectivity index (χ4n) is 2.66. The zero-order chi connectivity index (χ0) is 22.4. The van der Waals surface area contributed by atoms with Gasteiger partial charge >= 0.3 is 11.7 Å². The van der Waals surface area contributed by atoms with Crippen molar-refractivity contribution in [3.63, 3.8) is 0 Å². The molecule has 9 heteroatoms. The van der Waals surface area contributed by atoms with Crippen LogP contribution >= 0.6 is 0 Å². The molecule has 0 aliphatic heterocycles. The summed E-state index contributed by atoms with van der Waals surface area (Å²) >= 11 is 0. The number of hydrogen-bond donors (Lipinski definition) is 2. The van der Waals surface area contributed by atoms with E-state index in [2.05, 4.69) is 20.6 Å². The number of anilines is 4. The van der Waals surface area contributed by atoms with Gasteiger partial charge in [0.1, 0.15) is 6.33 Å². The lowest BCUT2D eigenvalue weighted by Crippen LogP contribution is -2.10. The molecule has 0 aliphatic carbocycles. The number of rotatable bonds is 8. The van der Waals surface area contributed by atoms with Gasteiger partial charge in [0.25, 0.3) is 0 Å². The highest BCUT2D eigenvalue weighted by Gasteiger charge is 2.23. The number of nitro groups is 1. The van der Waals surface area contributed by atoms with Crippen LogP contribution in [-0.4, -0.2) is 27.5 Å². The van der Waals surface area contributed by atoms with Gasteiger partial charge in [-0.3, -0.25) is 10.1 Å². The molecule has 0 bridgehead atoms. The Morgan fingerprint density at radius 3 is 2.00 bits per heavy atom. The van der Waals surface area contributed by atoms with Crippen LogP contribution < -0.4 is 10.6 Å². The van der Waals surface area contributed by atoms with Gasteiger partial charge in [-0.05, 0) is 49.2 Å². The van der Waals surface area contributed by atoms with Crippen molar-refractivity contribution in [2.45, 2.75) is 20.8 Å². The molecule has 0 amide bonds. The second-order valence-electron chi connectivity index (χ2n) is 7.36. The molecule has 0 aliphatic rings. The Labute approximate surface area is 179 Å². The molecule has 0 radical (unpaired) electrons. The zero-order valence-corrected chi connectivity index (χ0v) is 17.5. The van der Waals surface area contributed by atoms with Crippen molar-refractivity contribution in [3.8, 4) is 0 Å². The summed E-state index contributed by atoms with van der Waals surface area (Å²) in [6, 6.07) is 13.8. The Morgan fingerprint density at radius 2 is 1.52 bits per heavy atom. The maximum absolute atomic E-state index is 12.0. The molecule has 0 fully saturated rings. The predicted molar refractivity (Wildman–Crippen MR) is 118 cm³/mol. The topological polar surface area (TPSA) is 119 Å². The molecule has 2 N–H and O–H groups in total. The average molecular weight is 421 g/mol. The van der Waals surface area contributed by atoms with Crippen LogP contribution in [0.2, 0.25) is 0 Å². The first-order valence-corrected chi connectivity index (χ1v) is 9.70.